The van der Waals surface area contributed by atoms with Crippen molar-refractivity contribution in [3.63, 3.8) is 0 Å². The lowest BCUT2D eigenvalue weighted by molar-refractivity contribution is 0.379. The van der Waals surface area contributed by atoms with E-state index < -0.39 is 0 Å². The third kappa shape index (κ3) is 3.79. The molecule has 2 aromatic rings. The van der Waals surface area contributed by atoms with Crippen LogP contribution >= 0.6 is 15.9 Å². The number of hydrogen-bond donors (Lipinski definition) is 2. The summed E-state index contributed by atoms with van der Waals surface area (Å²) in [5.74, 6) is 0.778. The van der Waals surface area contributed by atoms with Gasteiger partial charge in [0.2, 0.25) is 11.9 Å². The highest BCUT2D eigenvalue weighted by Crippen LogP contribution is 2.26. The molecule has 0 saturated heterocycles. The fraction of sp³-hybridized carbons (Fsp3) is 0.231. The molecule has 0 saturated carbocycles. The molecule has 0 aliphatic heterocycles. The van der Waals surface area contributed by atoms with Crippen molar-refractivity contribution in [2.24, 2.45) is 0 Å². The van der Waals surface area contributed by atoms with E-state index in [1.54, 1.807) is 18.2 Å². The average Bonchev–Trinajstić information content (AvgIpc) is 2.49. The molecule has 8 heteroatoms. The zero-order valence-electron chi connectivity index (χ0n) is 11.5. The van der Waals surface area contributed by atoms with Crippen LogP contribution < -0.4 is 15.4 Å². The summed E-state index contributed by atoms with van der Waals surface area (Å²) in [5, 5.41) is 14.9. The molecule has 0 aliphatic rings. The summed E-state index contributed by atoms with van der Waals surface area (Å²) in [6.45, 7) is 2.63. The molecule has 0 amide bonds. The minimum absolute atomic E-state index is 0.216. The van der Waals surface area contributed by atoms with Gasteiger partial charge in [-0.25, -0.2) is 0 Å². The number of ether oxygens (including phenoxy) is 1. The molecule has 2 N–H and O–H groups in total. The summed E-state index contributed by atoms with van der Waals surface area (Å²) >= 11 is 3.40. The maximum absolute atomic E-state index is 8.86. The zero-order chi connectivity index (χ0) is 15.2. The van der Waals surface area contributed by atoms with Crippen LogP contribution in [-0.2, 0) is 0 Å². The van der Waals surface area contributed by atoms with Crippen LogP contribution in [-0.4, -0.2) is 28.6 Å². The Morgan fingerprint density at radius 2 is 2.05 bits per heavy atom. The molecule has 0 radical (unpaired) electrons. The predicted molar refractivity (Wildman–Crippen MR) is 82.7 cm³/mol. The van der Waals surface area contributed by atoms with Crippen LogP contribution in [0.4, 0.5) is 17.6 Å². The fourth-order valence-electron chi connectivity index (χ4n) is 1.55. The number of anilines is 3. The molecule has 21 heavy (non-hydrogen) atoms. The van der Waals surface area contributed by atoms with Gasteiger partial charge in [-0.2, -0.15) is 20.2 Å². The smallest absolute Gasteiger partial charge is 0.322 e. The summed E-state index contributed by atoms with van der Waals surface area (Å²) in [4.78, 5) is 12.5. The molecule has 0 unspecified atom stereocenters. The Bertz CT molecular complexity index is 685. The van der Waals surface area contributed by atoms with Crippen LogP contribution in [0.15, 0.2) is 22.7 Å². The third-order valence-corrected chi connectivity index (χ3v) is 3.13. The van der Waals surface area contributed by atoms with Gasteiger partial charge in [-0.15, -0.1) is 0 Å². The lowest BCUT2D eigenvalue weighted by atomic mass is 10.2. The van der Waals surface area contributed by atoms with Crippen molar-refractivity contribution < 1.29 is 4.74 Å². The van der Waals surface area contributed by atoms with Gasteiger partial charge in [-0.1, -0.05) is 0 Å². The van der Waals surface area contributed by atoms with Crippen LogP contribution in [0.2, 0.25) is 0 Å². The lowest BCUT2D eigenvalue weighted by Gasteiger charge is -2.10. The first kappa shape index (κ1) is 15.0. The lowest BCUT2D eigenvalue weighted by Crippen LogP contribution is -2.08. The number of nitriles is 1. The first-order valence-electron chi connectivity index (χ1n) is 6.17. The van der Waals surface area contributed by atoms with E-state index in [1.807, 2.05) is 6.92 Å². The maximum atomic E-state index is 8.86. The summed E-state index contributed by atoms with van der Waals surface area (Å²) in [6, 6.07) is 7.48. The average molecular weight is 349 g/mol. The topological polar surface area (TPSA) is 95.8 Å². The van der Waals surface area contributed by atoms with Crippen molar-refractivity contribution in [1.82, 2.24) is 15.0 Å². The van der Waals surface area contributed by atoms with Gasteiger partial charge in [0.25, 0.3) is 0 Å². The van der Waals surface area contributed by atoms with Crippen molar-refractivity contribution in [1.29, 1.82) is 5.26 Å². The molecule has 1 aromatic heterocycles. The van der Waals surface area contributed by atoms with E-state index >= 15 is 0 Å². The number of aromatic nitrogens is 3. The Kier molecular flexibility index (Phi) is 4.90. The van der Waals surface area contributed by atoms with Gasteiger partial charge in [-0.05, 0) is 41.1 Å². The standard InChI is InChI=1S/C13H13BrN6O/c1-3-16-11-18-12(20-13(19-11)21-2)17-10-5-4-8(7-15)6-9(10)14/h4-6H,3H2,1-2H3,(H2,16,17,18,19,20). The van der Waals surface area contributed by atoms with Crippen LogP contribution in [0.3, 0.4) is 0 Å². The second-order valence-corrected chi connectivity index (χ2v) is 4.79. The fourth-order valence-corrected chi connectivity index (χ4v) is 2.03. The quantitative estimate of drug-likeness (QED) is 0.857. The number of nitrogens with one attached hydrogen (secondary N) is 2. The second-order valence-electron chi connectivity index (χ2n) is 3.93. The Morgan fingerprint density at radius 3 is 2.67 bits per heavy atom. The predicted octanol–water partition coefficient (Wildman–Crippen LogP) is 2.69. The van der Waals surface area contributed by atoms with Gasteiger partial charge in [0.1, 0.15) is 0 Å². The third-order valence-electron chi connectivity index (χ3n) is 2.48. The molecule has 7 nitrogen and oxygen atoms in total. The Balaban J connectivity index is 2.30. The Morgan fingerprint density at radius 1 is 1.29 bits per heavy atom. The Hall–Kier alpha value is -2.40. The van der Waals surface area contributed by atoms with Crippen LogP contribution in [0, 0.1) is 11.3 Å². The van der Waals surface area contributed by atoms with E-state index in [0.717, 1.165) is 10.2 Å². The van der Waals surface area contributed by atoms with E-state index in [9.17, 15) is 0 Å². The van der Waals surface area contributed by atoms with Gasteiger partial charge in [0.15, 0.2) is 0 Å². The van der Waals surface area contributed by atoms with Crippen molar-refractivity contribution in [2.45, 2.75) is 6.92 Å². The van der Waals surface area contributed by atoms with E-state index in [-0.39, 0.29) is 6.01 Å². The van der Waals surface area contributed by atoms with E-state index in [0.29, 0.717) is 24.0 Å². The SMILES string of the molecule is CCNc1nc(Nc2ccc(C#N)cc2Br)nc(OC)n1. The van der Waals surface area contributed by atoms with Crippen molar-refractivity contribution in [3.05, 3.63) is 28.2 Å². The van der Waals surface area contributed by atoms with Gasteiger partial charge >= 0.3 is 6.01 Å². The minimum Gasteiger partial charge on any atom is -0.467 e. The monoisotopic (exact) mass is 348 g/mol. The molecule has 108 valence electrons. The van der Waals surface area contributed by atoms with Crippen LogP contribution in [0.5, 0.6) is 6.01 Å². The molecule has 0 atom stereocenters. The molecular formula is C13H13BrN6O. The first-order valence-corrected chi connectivity index (χ1v) is 6.96. The highest BCUT2D eigenvalue weighted by molar-refractivity contribution is 9.10. The summed E-state index contributed by atoms with van der Waals surface area (Å²) in [6.07, 6.45) is 0. The van der Waals surface area contributed by atoms with Crippen LogP contribution in [0.1, 0.15) is 12.5 Å². The van der Waals surface area contributed by atoms with Gasteiger partial charge < -0.3 is 15.4 Å². The number of benzene rings is 1. The highest BCUT2D eigenvalue weighted by atomic mass is 79.9. The molecular weight excluding hydrogens is 336 g/mol. The molecule has 0 bridgehead atoms. The summed E-state index contributed by atoms with van der Waals surface area (Å²) < 4.78 is 5.79. The maximum Gasteiger partial charge on any atom is 0.322 e. The molecule has 0 fully saturated rings. The zero-order valence-corrected chi connectivity index (χ0v) is 13.1. The van der Waals surface area contributed by atoms with E-state index in [1.165, 1.54) is 7.11 Å². The number of nitrogens with zero attached hydrogens (tertiary/aromatic N) is 4. The van der Waals surface area contributed by atoms with E-state index in [2.05, 4.69) is 47.6 Å². The largest absolute Gasteiger partial charge is 0.467 e. The van der Waals surface area contributed by atoms with Crippen molar-refractivity contribution >= 4 is 33.5 Å². The van der Waals surface area contributed by atoms with Crippen molar-refractivity contribution in [3.8, 4) is 12.1 Å². The van der Waals surface area contributed by atoms with Gasteiger partial charge in [-0.3, -0.25) is 0 Å². The van der Waals surface area contributed by atoms with Gasteiger partial charge in [0, 0.05) is 11.0 Å². The number of hydrogen-bond acceptors (Lipinski definition) is 7. The van der Waals surface area contributed by atoms with E-state index in [4.69, 9.17) is 10.00 Å². The van der Waals surface area contributed by atoms with Gasteiger partial charge in [0.05, 0.1) is 24.4 Å². The molecule has 1 heterocycles. The molecule has 0 spiro atoms. The Labute approximate surface area is 130 Å². The molecule has 0 aliphatic carbocycles. The summed E-state index contributed by atoms with van der Waals surface area (Å²) in [7, 11) is 1.49. The minimum atomic E-state index is 0.216. The second kappa shape index (κ2) is 6.85. The number of rotatable bonds is 5. The molecule has 2 rings (SSSR count). The number of methoxy groups -OCH3 is 1. The molecule has 1 aromatic carbocycles. The van der Waals surface area contributed by atoms with Crippen LogP contribution in [0.25, 0.3) is 0 Å². The highest BCUT2D eigenvalue weighted by Gasteiger charge is 2.08. The summed E-state index contributed by atoms with van der Waals surface area (Å²) in [5.41, 5.74) is 1.30. The normalized spacial score (nSPS) is 9.81. The number of halogens is 1. The van der Waals surface area contributed by atoms with Crippen molar-refractivity contribution in [2.75, 3.05) is 24.3 Å². The first-order chi connectivity index (χ1) is 10.2.